The number of piperidine rings is 1. The third-order valence-electron chi connectivity index (χ3n) is 13.5. The Balaban J connectivity index is 0.963. The summed E-state index contributed by atoms with van der Waals surface area (Å²) in [6.07, 6.45) is 6.37. The average molecular weight is 922 g/mol. The summed E-state index contributed by atoms with van der Waals surface area (Å²) < 4.78 is 20.5. The predicted molar refractivity (Wildman–Crippen MR) is 251 cm³/mol. The van der Waals surface area contributed by atoms with Gasteiger partial charge in [0, 0.05) is 55.1 Å². The van der Waals surface area contributed by atoms with Crippen LogP contribution in [0.3, 0.4) is 0 Å². The molecule has 0 atom stereocenters. The Bertz CT molecular complexity index is 3240. The number of halogens is 2. The van der Waals surface area contributed by atoms with E-state index in [0.29, 0.717) is 75.8 Å². The number of likely N-dealkylation sites (tertiary alicyclic amines) is 1. The molecule has 0 unspecified atom stereocenters. The minimum atomic E-state index is -0.911. The zero-order valence-electron chi connectivity index (χ0n) is 37.7. The highest BCUT2D eigenvalue weighted by atomic mass is 35.5. The lowest BCUT2D eigenvalue weighted by molar-refractivity contribution is -0.140. The summed E-state index contributed by atoms with van der Waals surface area (Å²) >= 11 is 6.74. The number of hydrogen-bond donors (Lipinski definition) is 2. The van der Waals surface area contributed by atoms with E-state index >= 15 is 4.39 Å². The zero-order valence-corrected chi connectivity index (χ0v) is 38.4. The number of aromatic nitrogens is 7. The predicted octanol–water partition coefficient (Wildman–Crippen LogP) is 8.09. The Morgan fingerprint density at radius 1 is 1.01 bits per heavy atom. The van der Waals surface area contributed by atoms with Crippen LogP contribution in [0.2, 0.25) is 5.02 Å². The fraction of sp³-hybridized carbons (Fsp3) is 0.360. The number of carbonyl (C=O) groups excluding carboxylic acids is 1. The molecule has 10 rings (SSSR count). The van der Waals surface area contributed by atoms with Crippen molar-refractivity contribution in [1.29, 1.82) is 5.26 Å². The van der Waals surface area contributed by atoms with Gasteiger partial charge in [-0.15, -0.1) is 0 Å². The molecule has 3 aliphatic rings. The number of pyridine rings is 2. The maximum atomic E-state index is 15.2. The molecule has 0 bridgehead atoms. The van der Waals surface area contributed by atoms with Gasteiger partial charge in [0.15, 0.2) is 5.65 Å². The lowest BCUT2D eigenvalue weighted by Gasteiger charge is -2.36. The van der Waals surface area contributed by atoms with E-state index in [1.54, 1.807) is 62.7 Å². The van der Waals surface area contributed by atoms with E-state index in [4.69, 9.17) is 21.6 Å². The van der Waals surface area contributed by atoms with Gasteiger partial charge in [0.25, 0.3) is 5.91 Å². The van der Waals surface area contributed by atoms with Crippen LogP contribution in [0.25, 0.3) is 27.9 Å². The topological polar surface area (TPSA) is 180 Å². The molecule has 5 aromatic heterocycles. The molecule has 1 saturated carbocycles. The molecule has 7 aromatic rings. The maximum absolute atomic E-state index is 15.2. The molecule has 2 aliphatic heterocycles. The molecule has 1 aliphatic carbocycles. The van der Waals surface area contributed by atoms with Crippen molar-refractivity contribution < 1.29 is 19.1 Å². The highest BCUT2D eigenvalue weighted by Crippen LogP contribution is 2.49. The van der Waals surface area contributed by atoms with Gasteiger partial charge in [-0.2, -0.15) is 10.2 Å². The van der Waals surface area contributed by atoms with Crippen molar-refractivity contribution in [2.75, 3.05) is 31.5 Å². The number of nitrogens with zero attached hydrogens (tertiary/aromatic N) is 10. The van der Waals surface area contributed by atoms with Gasteiger partial charge >= 0.3 is 11.7 Å². The fourth-order valence-electron chi connectivity index (χ4n) is 10.0. The van der Waals surface area contributed by atoms with Gasteiger partial charge in [0.1, 0.15) is 22.7 Å². The largest absolute Gasteiger partial charge is 0.481 e. The summed E-state index contributed by atoms with van der Waals surface area (Å²) in [5, 5.41) is 23.6. The number of rotatable bonds is 10. The second-order valence-electron chi connectivity index (χ2n) is 19.2. The lowest BCUT2D eigenvalue weighted by Crippen LogP contribution is -2.41. The van der Waals surface area contributed by atoms with Gasteiger partial charge < -0.3 is 24.8 Å². The minimum absolute atomic E-state index is 0.125. The minimum Gasteiger partial charge on any atom is -0.481 e. The number of fused-ring (bicyclic) bond motifs is 4. The number of amides is 1. The number of nitriles is 1. The monoisotopic (exact) mass is 921 g/mol. The molecule has 0 radical (unpaired) electrons. The SMILES string of the molecule is Cc1nc(Nc2ccc(C3(C(=O)O)CC3)cc2Cl)nc2c1n(-c1ccc(C(=O)N3CCc4c(n(Cc5ccc(C#N)cc5F)c5ncccc45)C3)nc1)c(=O)n2C1CCN(CC(C)(C)C)CC1. The van der Waals surface area contributed by atoms with Crippen LogP contribution in [0.15, 0.2) is 77.9 Å². The number of imidazole rings is 1. The Labute approximate surface area is 390 Å². The summed E-state index contributed by atoms with van der Waals surface area (Å²) in [5.41, 5.74) is 5.44. The number of nitrogens with one attached hydrogen (secondary N) is 1. The van der Waals surface area contributed by atoms with Gasteiger partial charge in [-0.25, -0.2) is 24.1 Å². The lowest BCUT2D eigenvalue weighted by atomic mass is 9.94. The van der Waals surface area contributed by atoms with E-state index < -0.39 is 17.2 Å². The van der Waals surface area contributed by atoms with Crippen molar-refractivity contribution in [1.82, 2.24) is 43.4 Å². The van der Waals surface area contributed by atoms with Gasteiger partial charge in [0.2, 0.25) is 5.95 Å². The first-order valence-corrected chi connectivity index (χ1v) is 22.9. The van der Waals surface area contributed by atoms with E-state index in [-0.39, 0.29) is 53.3 Å². The van der Waals surface area contributed by atoms with Crippen LogP contribution >= 0.6 is 11.6 Å². The second-order valence-corrected chi connectivity index (χ2v) is 19.7. The fourth-order valence-corrected chi connectivity index (χ4v) is 10.2. The molecule has 17 heteroatoms. The normalized spacial score (nSPS) is 16.3. The van der Waals surface area contributed by atoms with Gasteiger partial charge in [-0.05, 0) is 104 Å². The molecule has 0 spiro atoms. The number of aliphatic carboxylic acids is 1. The molecule has 15 nitrogen and oxygen atoms in total. The molecule has 342 valence electrons. The van der Waals surface area contributed by atoms with E-state index in [0.717, 1.165) is 49.1 Å². The van der Waals surface area contributed by atoms with Crippen LogP contribution in [-0.4, -0.2) is 86.6 Å². The Morgan fingerprint density at radius 3 is 2.48 bits per heavy atom. The third kappa shape index (κ3) is 7.99. The van der Waals surface area contributed by atoms with E-state index in [1.807, 2.05) is 29.7 Å². The Hall–Kier alpha value is -6.96. The number of carbonyl (C=O) groups is 2. The highest BCUT2D eigenvalue weighted by molar-refractivity contribution is 6.33. The number of anilines is 2. The van der Waals surface area contributed by atoms with Crippen molar-refractivity contribution in [3.63, 3.8) is 0 Å². The van der Waals surface area contributed by atoms with Gasteiger partial charge in [0.05, 0.1) is 58.4 Å². The molecule has 1 amide bonds. The number of benzene rings is 2. The van der Waals surface area contributed by atoms with Crippen LogP contribution in [0.5, 0.6) is 0 Å². The number of aryl methyl sites for hydroxylation is 1. The molecule has 7 heterocycles. The molecular formula is C50H49ClFN11O4. The summed E-state index contributed by atoms with van der Waals surface area (Å²) in [5.74, 6) is -1.41. The number of hydrogen-bond acceptors (Lipinski definition) is 10. The molecule has 67 heavy (non-hydrogen) atoms. The maximum Gasteiger partial charge on any atom is 0.335 e. The second kappa shape index (κ2) is 16.7. The van der Waals surface area contributed by atoms with Crippen LogP contribution in [0.4, 0.5) is 16.0 Å². The van der Waals surface area contributed by atoms with Crippen LogP contribution in [-0.2, 0) is 29.7 Å². The zero-order chi connectivity index (χ0) is 46.9. The summed E-state index contributed by atoms with van der Waals surface area (Å²) in [4.78, 5) is 64.3. The summed E-state index contributed by atoms with van der Waals surface area (Å²) in [7, 11) is 0. The first kappa shape index (κ1) is 43.9. The van der Waals surface area contributed by atoms with Crippen LogP contribution in [0.1, 0.15) is 96.6 Å². The molecule has 2 aromatic carbocycles. The highest BCUT2D eigenvalue weighted by Gasteiger charge is 2.52. The summed E-state index contributed by atoms with van der Waals surface area (Å²) in [6.45, 7) is 11.9. The van der Waals surface area contributed by atoms with Crippen LogP contribution in [0, 0.1) is 29.5 Å². The van der Waals surface area contributed by atoms with Crippen molar-refractivity contribution >= 4 is 57.3 Å². The van der Waals surface area contributed by atoms with Gasteiger partial charge in [-0.1, -0.05) is 44.5 Å². The van der Waals surface area contributed by atoms with Gasteiger partial charge in [-0.3, -0.25) is 18.7 Å². The van der Waals surface area contributed by atoms with Crippen molar-refractivity contribution in [3.05, 3.63) is 134 Å². The first-order chi connectivity index (χ1) is 32.1. The average Bonchev–Trinajstić information content (AvgIpc) is 4.00. The molecular weight excluding hydrogens is 873 g/mol. The van der Waals surface area contributed by atoms with Crippen LogP contribution < -0.4 is 11.0 Å². The Morgan fingerprint density at radius 2 is 1.81 bits per heavy atom. The smallest absolute Gasteiger partial charge is 0.335 e. The molecule has 2 N–H and O–H groups in total. The third-order valence-corrected chi connectivity index (χ3v) is 13.8. The standard InChI is InChI=1S/C50H49ClFN11O4/c1-29-42-44(58-47(56-29)57-39-11-9-32(23-37(39)51)50(16-17-50)46(65)66)63(33-13-19-59(20-14-33)28-49(2,3)4)48(67)62(42)34-10-12-40(55-25-34)45(64)60-21-15-35-36-6-5-18-54-43(36)61(41(35)27-60)26-31-8-7-30(24-53)22-38(31)52/h5-12,18,22-23,25,33H,13-17,19-21,26-28H2,1-4H3,(H,65,66)(H,56,57,58). The Kier molecular flexibility index (Phi) is 11.0. The van der Waals surface area contributed by atoms with E-state index in [9.17, 15) is 24.8 Å². The molecule has 1 saturated heterocycles. The quantitative estimate of drug-likeness (QED) is 0.135. The first-order valence-electron chi connectivity index (χ1n) is 22.6. The van der Waals surface area contributed by atoms with E-state index in [2.05, 4.69) is 41.0 Å². The van der Waals surface area contributed by atoms with E-state index in [1.165, 1.54) is 12.3 Å². The van der Waals surface area contributed by atoms with Crippen molar-refractivity contribution in [2.45, 2.75) is 84.3 Å². The number of carboxylic acid groups (broad SMARTS) is 1. The summed E-state index contributed by atoms with van der Waals surface area (Å²) in [6, 6.07) is 18.6. The van der Waals surface area contributed by atoms with Crippen molar-refractivity contribution in [2.24, 2.45) is 5.41 Å². The molecule has 2 fully saturated rings. The number of carboxylic acids is 1. The van der Waals surface area contributed by atoms with Crippen molar-refractivity contribution in [3.8, 4) is 11.8 Å².